The van der Waals surface area contributed by atoms with Crippen molar-refractivity contribution in [3.8, 4) is 11.4 Å². The molecule has 22 heavy (non-hydrogen) atoms. The molecule has 1 saturated heterocycles. The molecule has 1 aliphatic rings. The number of aromatic amines is 1. The van der Waals surface area contributed by atoms with Crippen LogP contribution in [0.4, 0.5) is 5.95 Å². The highest BCUT2D eigenvalue weighted by molar-refractivity contribution is 5.54. The third-order valence-electron chi connectivity index (χ3n) is 3.48. The van der Waals surface area contributed by atoms with Gasteiger partial charge in [-0.1, -0.05) is 0 Å². The maximum absolute atomic E-state index is 11.5. The first-order chi connectivity index (χ1) is 10.5. The van der Waals surface area contributed by atoms with Gasteiger partial charge < -0.3 is 25.8 Å². The van der Waals surface area contributed by atoms with Crippen molar-refractivity contribution in [3.05, 3.63) is 28.9 Å². The molecule has 0 spiro atoms. The van der Waals surface area contributed by atoms with Crippen LogP contribution in [0.15, 0.2) is 23.4 Å². The fourth-order valence-electron chi connectivity index (χ4n) is 2.42. The summed E-state index contributed by atoms with van der Waals surface area (Å²) in [6.07, 6.45) is -1.57. The summed E-state index contributed by atoms with van der Waals surface area (Å²) in [7, 11) is 0. The fraction of sp³-hybridized carbons (Fsp3) is 0.417. The van der Waals surface area contributed by atoms with Gasteiger partial charge in [-0.2, -0.15) is 0 Å². The van der Waals surface area contributed by atoms with Crippen molar-refractivity contribution in [1.82, 2.24) is 19.5 Å². The molecule has 6 N–H and O–H groups in total. The van der Waals surface area contributed by atoms with Crippen molar-refractivity contribution < 1.29 is 20.1 Å². The standard InChI is InChI=1S/C12H15N5O5/c13-12-15-5(1-8(19)16-12)6-2-14-4-17(6)11-10(21)9(20)7(3-18)22-11/h1-2,4,7,9-11,18,20-21H,3H2,(H3,13,15,16,19)/t7-,9-,10-,11-/m1/s1. The zero-order valence-corrected chi connectivity index (χ0v) is 11.3. The quantitative estimate of drug-likeness (QED) is 0.428. The van der Waals surface area contributed by atoms with Crippen LogP contribution in [0.5, 0.6) is 0 Å². The summed E-state index contributed by atoms with van der Waals surface area (Å²) in [5.41, 5.74) is 5.71. The first kappa shape index (κ1) is 14.7. The Kier molecular flexibility index (Phi) is 3.66. The zero-order chi connectivity index (χ0) is 15.9. The monoisotopic (exact) mass is 309 g/mol. The Labute approximate surface area is 123 Å². The summed E-state index contributed by atoms with van der Waals surface area (Å²) in [6, 6.07) is 1.23. The van der Waals surface area contributed by atoms with Gasteiger partial charge >= 0.3 is 0 Å². The summed E-state index contributed by atoms with van der Waals surface area (Å²) in [5.74, 6) is -0.0589. The Morgan fingerprint density at radius 2 is 2.18 bits per heavy atom. The Hall–Kier alpha value is -2.27. The van der Waals surface area contributed by atoms with E-state index in [2.05, 4.69) is 15.0 Å². The van der Waals surface area contributed by atoms with E-state index in [1.807, 2.05) is 0 Å². The Morgan fingerprint density at radius 3 is 2.82 bits per heavy atom. The van der Waals surface area contributed by atoms with Crippen molar-refractivity contribution in [3.63, 3.8) is 0 Å². The molecule has 1 fully saturated rings. The molecule has 118 valence electrons. The van der Waals surface area contributed by atoms with Gasteiger partial charge in [0.15, 0.2) is 6.23 Å². The molecule has 0 radical (unpaired) electrons. The van der Waals surface area contributed by atoms with Crippen molar-refractivity contribution in [1.29, 1.82) is 0 Å². The zero-order valence-electron chi connectivity index (χ0n) is 11.3. The number of nitrogens with zero attached hydrogens (tertiary/aromatic N) is 3. The molecule has 3 heterocycles. The number of aliphatic hydroxyl groups excluding tert-OH is 3. The molecular formula is C12H15N5O5. The topological polar surface area (TPSA) is 160 Å². The SMILES string of the molecule is Nc1nc(-c2cncn2[C@@H]2O[C@H](CO)[C@@H](O)[C@H]2O)cc(=O)[nH]1. The number of anilines is 1. The molecule has 4 atom stereocenters. The maximum Gasteiger partial charge on any atom is 0.252 e. The van der Waals surface area contributed by atoms with Gasteiger partial charge in [-0.15, -0.1) is 0 Å². The van der Waals surface area contributed by atoms with E-state index in [1.165, 1.54) is 23.2 Å². The number of H-pyrrole nitrogens is 1. The van der Waals surface area contributed by atoms with Gasteiger partial charge in [-0.3, -0.25) is 14.3 Å². The third kappa shape index (κ3) is 2.37. The molecule has 2 aromatic rings. The highest BCUT2D eigenvalue weighted by Crippen LogP contribution is 2.32. The summed E-state index contributed by atoms with van der Waals surface area (Å²) in [4.78, 5) is 21.8. The molecule has 0 amide bonds. The van der Waals surface area contributed by atoms with Gasteiger partial charge in [0.05, 0.1) is 30.5 Å². The second-order valence-electron chi connectivity index (χ2n) is 4.93. The smallest absolute Gasteiger partial charge is 0.252 e. The lowest BCUT2D eigenvalue weighted by molar-refractivity contribution is -0.0520. The van der Waals surface area contributed by atoms with Crippen molar-refractivity contribution >= 4 is 5.95 Å². The van der Waals surface area contributed by atoms with Crippen molar-refractivity contribution in [2.24, 2.45) is 0 Å². The van der Waals surface area contributed by atoms with Crippen LogP contribution >= 0.6 is 0 Å². The number of aliphatic hydroxyl groups is 3. The van der Waals surface area contributed by atoms with Crippen LogP contribution in [0, 0.1) is 0 Å². The van der Waals surface area contributed by atoms with Crippen LogP contribution in [0.1, 0.15) is 6.23 Å². The molecule has 1 aliphatic heterocycles. The average molecular weight is 309 g/mol. The molecule has 0 aliphatic carbocycles. The molecule has 0 unspecified atom stereocenters. The van der Waals surface area contributed by atoms with Crippen LogP contribution in [-0.4, -0.2) is 59.8 Å². The first-order valence-electron chi connectivity index (χ1n) is 6.52. The highest BCUT2D eigenvalue weighted by Gasteiger charge is 2.43. The Balaban J connectivity index is 2.01. The molecule has 3 rings (SSSR count). The van der Waals surface area contributed by atoms with E-state index >= 15 is 0 Å². The van der Waals surface area contributed by atoms with E-state index in [4.69, 9.17) is 15.6 Å². The number of nitrogens with two attached hydrogens (primary N) is 1. The number of aromatic nitrogens is 4. The Bertz CT molecular complexity index is 729. The molecule has 0 aromatic carbocycles. The molecule has 10 nitrogen and oxygen atoms in total. The summed E-state index contributed by atoms with van der Waals surface area (Å²) >= 11 is 0. The van der Waals surface area contributed by atoms with E-state index in [1.54, 1.807) is 0 Å². The number of ether oxygens (including phenoxy) is 1. The predicted molar refractivity (Wildman–Crippen MR) is 73.5 cm³/mol. The number of rotatable bonds is 3. The third-order valence-corrected chi connectivity index (χ3v) is 3.48. The summed E-state index contributed by atoms with van der Waals surface area (Å²) in [5, 5.41) is 29.0. The van der Waals surface area contributed by atoms with Crippen LogP contribution in [0.25, 0.3) is 11.4 Å². The summed E-state index contributed by atoms with van der Waals surface area (Å²) < 4.78 is 6.85. The van der Waals surface area contributed by atoms with Gasteiger partial charge in [0.1, 0.15) is 18.3 Å². The fourth-order valence-corrected chi connectivity index (χ4v) is 2.42. The lowest BCUT2D eigenvalue weighted by Crippen LogP contribution is -2.33. The van der Waals surface area contributed by atoms with E-state index < -0.39 is 36.7 Å². The molecule has 0 bridgehead atoms. The maximum atomic E-state index is 11.5. The normalized spacial score (nSPS) is 28.1. The predicted octanol–water partition coefficient (Wildman–Crippen LogP) is -2.17. The molecule has 0 saturated carbocycles. The molecule has 10 heteroatoms. The minimum atomic E-state index is -1.26. The number of hydrogen-bond donors (Lipinski definition) is 5. The van der Waals surface area contributed by atoms with Crippen LogP contribution in [-0.2, 0) is 4.74 Å². The number of imidazole rings is 1. The minimum absolute atomic E-state index is 0.0589. The Morgan fingerprint density at radius 1 is 1.41 bits per heavy atom. The average Bonchev–Trinajstić information content (AvgIpc) is 3.04. The minimum Gasteiger partial charge on any atom is -0.394 e. The second kappa shape index (κ2) is 5.50. The number of hydrogen-bond acceptors (Lipinski definition) is 8. The number of nitrogen functional groups attached to an aromatic ring is 1. The molecule has 2 aromatic heterocycles. The van der Waals surface area contributed by atoms with E-state index in [0.717, 1.165) is 0 Å². The summed E-state index contributed by atoms with van der Waals surface area (Å²) in [6.45, 7) is -0.436. The lowest BCUT2D eigenvalue weighted by atomic mass is 10.1. The largest absolute Gasteiger partial charge is 0.394 e. The van der Waals surface area contributed by atoms with Crippen LogP contribution in [0.2, 0.25) is 0 Å². The van der Waals surface area contributed by atoms with Crippen molar-refractivity contribution in [2.75, 3.05) is 12.3 Å². The van der Waals surface area contributed by atoms with Gasteiger partial charge in [0, 0.05) is 6.07 Å². The number of nitrogens with one attached hydrogen (secondary N) is 1. The van der Waals surface area contributed by atoms with E-state index in [0.29, 0.717) is 5.69 Å². The van der Waals surface area contributed by atoms with Gasteiger partial charge in [-0.25, -0.2) is 9.97 Å². The first-order valence-corrected chi connectivity index (χ1v) is 6.52. The molecular weight excluding hydrogens is 294 g/mol. The van der Waals surface area contributed by atoms with Gasteiger partial charge in [0.2, 0.25) is 5.95 Å². The van der Waals surface area contributed by atoms with Gasteiger partial charge in [0.25, 0.3) is 5.56 Å². The highest BCUT2D eigenvalue weighted by atomic mass is 16.6. The van der Waals surface area contributed by atoms with E-state index in [-0.39, 0.29) is 11.6 Å². The van der Waals surface area contributed by atoms with Crippen LogP contribution in [0.3, 0.4) is 0 Å². The van der Waals surface area contributed by atoms with E-state index in [9.17, 15) is 15.0 Å². The lowest BCUT2D eigenvalue weighted by Gasteiger charge is -2.18. The van der Waals surface area contributed by atoms with Crippen LogP contribution < -0.4 is 11.3 Å². The second-order valence-corrected chi connectivity index (χ2v) is 4.93. The van der Waals surface area contributed by atoms with Crippen molar-refractivity contribution in [2.45, 2.75) is 24.5 Å². The van der Waals surface area contributed by atoms with Gasteiger partial charge in [-0.05, 0) is 0 Å².